The van der Waals surface area contributed by atoms with Gasteiger partial charge in [0.05, 0.1) is 0 Å². The molecule has 0 saturated heterocycles. The van der Waals surface area contributed by atoms with Gasteiger partial charge in [-0.15, -0.1) is 0 Å². The summed E-state index contributed by atoms with van der Waals surface area (Å²) in [5, 5.41) is 5.23. The van der Waals surface area contributed by atoms with Crippen LogP contribution in [0.3, 0.4) is 0 Å². The van der Waals surface area contributed by atoms with E-state index in [-0.39, 0.29) is 5.91 Å². The summed E-state index contributed by atoms with van der Waals surface area (Å²) in [7, 11) is 0. The fourth-order valence-corrected chi connectivity index (χ4v) is 1.76. The van der Waals surface area contributed by atoms with Gasteiger partial charge in [-0.1, -0.05) is 13.0 Å². The first-order valence-corrected chi connectivity index (χ1v) is 7.01. The quantitative estimate of drug-likeness (QED) is 0.813. The standard InChI is InChI=1S/C15H21N3O3/c1-4-13(19)16-11-8-7-9-12(10-11)17-14(20)15(21)18(5-2)6-3/h7-10H,4-6H2,1-3H3,(H,16,19)(H,17,20). The Morgan fingerprint density at radius 3 is 2.10 bits per heavy atom. The van der Waals surface area contributed by atoms with E-state index in [1.165, 1.54) is 4.90 Å². The van der Waals surface area contributed by atoms with Crippen LogP contribution in [0.15, 0.2) is 24.3 Å². The molecule has 0 bridgehead atoms. The van der Waals surface area contributed by atoms with Crippen LogP contribution in [0.1, 0.15) is 27.2 Å². The molecule has 0 fully saturated rings. The molecule has 0 atom stereocenters. The van der Waals surface area contributed by atoms with Gasteiger partial charge in [-0.25, -0.2) is 0 Å². The Morgan fingerprint density at radius 2 is 1.57 bits per heavy atom. The van der Waals surface area contributed by atoms with Crippen LogP contribution in [0, 0.1) is 0 Å². The summed E-state index contributed by atoms with van der Waals surface area (Å²) in [6, 6.07) is 6.69. The van der Waals surface area contributed by atoms with Gasteiger partial charge in [0, 0.05) is 30.9 Å². The minimum absolute atomic E-state index is 0.113. The average molecular weight is 291 g/mol. The number of hydrogen-bond donors (Lipinski definition) is 2. The van der Waals surface area contributed by atoms with Crippen molar-refractivity contribution in [1.29, 1.82) is 0 Å². The van der Waals surface area contributed by atoms with E-state index in [2.05, 4.69) is 10.6 Å². The van der Waals surface area contributed by atoms with Crippen LogP contribution < -0.4 is 10.6 Å². The lowest BCUT2D eigenvalue weighted by molar-refractivity contribution is -0.142. The van der Waals surface area contributed by atoms with Crippen molar-refractivity contribution in [2.75, 3.05) is 23.7 Å². The Hall–Kier alpha value is -2.37. The van der Waals surface area contributed by atoms with Crippen molar-refractivity contribution in [3.05, 3.63) is 24.3 Å². The number of benzene rings is 1. The van der Waals surface area contributed by atoms with Crippen molar-refractivity contribution in [2.45, 2.75) is 27.2 Å². The third kappa shape index (κ3) is 4.91. The van der Waals surface area contributed by atoms with Crippen LogP contribution in [0.4, 0.5) is 11.4 Å². The van der Waals surface area contributed by atoms with Crippen molar-refractivity contribution in [3.63, 3.8) is 0 Å². The molecule has 0 unspecified atom stereocenters. The van der Waals surface area contributed by atoms with Gasteiger partial charge in [0.25, 0.3) is 0 Å². The normalized spacial score (nSPS) is 9.86. The Bertz CT molecular complexity index is 525. The van der Waals surface area contributed by atoms with Gasteiger partial charge in [-0.05, 0) is 32.0 Å². The fourth-order valence-electron chi connectivity index (χ4n) is 1.76. The largest absolute Gasteiger partial charge is 0.335 e. The lowest BCUT2D eigenvalue weighted by Gasteiger charge is -2.17. The number of carbonyl (C=O) groups is 3. The van der Waals surface area contributed by atoms with Crippen molar-refractivity contribution < 1.29 is 14.4 Å². The molecular weight excluding hydrogens is 270 g/mol. The molecule has 0 heterocycles. The second-order valence-corrected chi connectivity index (χ2v) is 4.41. The maximum absolute atomic E-state index is 11.9. The van der Waals surface area contributed by atoms with E-state index in [1.54, 1.807) is 31.2 Å². The molecule has 1 aromatic carbocycles. The first-order valence-electron chi connectivity index (χ1n) is 7.01. The molecule has 1 aromatic rings. The number of carbonyl (C=O) groups excluding carboxylic acids is 3. The van der Waals surface area contributed by atoms with Gasteiger partial charge in [-0.3, -0.25) is 14.4 Å². The molecule has 0 aromatic heterocycles. The molecule has 6 nitrogen and oxygen atoms in total. The summed E-state index contributed by atoms with van der Waals surface area (Å²) in [6.07, 6.45) is 0.372. The Kier molecular flexibility index (Phi) is 6.39. The molecule has 0 aliphatic carbocycles. The molecule has 2 N–H and O–H groups in total. The zero-order valence-electron chi connectivity index (χ0n) is 12.6. The number of anilines is 2. The summed E-state index contributed by atoms with van der Waals surface area (Å²) in [6.45, 7) is 6.35. The van der Waals surface area contributed by atoms with Crippen LogP contribution in [-0.2, 0) is 14.4 Å². The highest BCUT2D eigenvalue weighted by atomic mass is 16.2. The molecule has 0 aliphatic rings. The zero-order chi connectivity index (χ0) is 15.8. The molecule has 0 aliphatic heterocycles. The second kappa shape index (κ2) is 8.04. The Balaban J connectivity index is 2.74. The Morgan fingerprint density at radius 1 is 1.00 bits per heavy atom. The predicted octanol–water partition coefficient (Wildman–Crippen LogP) is 1.84. The van der Waals surface area contributed by atoms with E-state index in [9.17, 15) is 14.4 Å². The van der Waals surface area contributed by atoms with E-state index < -0.39 is 11.8 Å². The maximum atomic E-state index is 11.9. The van der Waals surface area contributed by atoms with E-state index >= 15 is 0 Å². The molecule has 1 rings (SSSR count). The molecule has 21 heavy (non-hydrogen) atoms. The first-order chi connectivity index (χ1) is 10.0. The van der Waals surface area contributed by atoms with Crippen LogP contribution >= 0.6 is 0 Å². The number of nitrogens with zero attached hydrogens (tertiary/aromatic N) is 1. The predicted molar refractivity (Wildman–Crippen MR) is 81.9 cm³/mol. The highest BCUT2D eigenvalue weighted by Gasteiger charge is 2.19. The third-order valence-corrected chi connectivity index (χ3v) is 2.97. The van der Waals surface area contributed by atoms with Crippen LogP contribution in [0.5, 0.6) is 0 Å². The summed E-state index contributed by atoms with van der Waals surface area (Å²) in [5.41, 5.74) is 1.05. The van der Waals surface area contributed by atoms with Crippen LogP contribution in [0.25, 0.3) is 0 Å². The Labute approximate surface area is 124 Å². The lowest BCUT2D eigenvalue weighted by atomic mass is 10.2. The van der Waals surface area contributed by atoms with Crippen LogP contribution in [-0.4, -0.2) is 35.7 Å². The summed E-state index contributed by atoms with van der Waals surface area (Å²) >= 11 is 0. The molecule has 0 saturated carbocycles. The van der Waals surface area contributed by atoms with Gasteiger partial charge in [0.1, 0.15) is 0 Å². The average Bonchev–Trinajstić information content (AvgIpc) is 2.48. The van der Waals surface area contributed by atoms with E-state index in [1.807, 2.05) is 13.8 Å². The van der Waals surface area contributed by atoms with E-state index in [4.69, 9.17) is 0 Å². The summed E-state index contributed by atoms with van der Waals surface area (Å²) < 4.78 is 0. The van der Waals surface area contributed by atoms with Crippen molar-refractivity contribution in [1.82, 2.24) is 4.90 Å². The van der Waals surface area contributed by atoms with Crippen molar-refractivity contribution in [3.8, 4) is 0 Å². The molecule has 114 valence electrons. The molecule has 0 radical (unpaired) electrons. The van der Waals surface area contributed by atoms with Gasteiger partial charge in [-0.2, -0.15) is 0 Å². The molecule has 0 spiro atoms. The SMILES string of the molecule is CCC(=O)Nc1cccc(NC(=O)C(=O)N(CC)CC)c1. The zero-order valence-corrected chi connectivity index (χ0v) is 12.6. The maximum Gasteiger partial charge on any atom is 0.313 e. The number of nitrogens with one attached hydrogen (secondary N) is 2. The number of rotatable bonds is 5. The number of amides is 3. The van der Waals surface area contributed by atoms with Crippen molar-refractivity contribution in [2.24, 2.45) is 0 Å². The summed E-state index contributed by atoms with van der Waals surface area (Å²) in [4.78, 5) is 36.5. The highest BCUT2D eigenvalue weighted by molar-refractivity contribution is 6.39. The molecule has 3 amide bonds. The number of likely N-dealkylation sites (N-methyl/N-ethyl adjacent to an activating group) is 1. The van der Waals surface area contributed by atoms with Gasteiger partial charge >= 0.3 is 11.8 Å². The van der Waals surface area contributed by atoms with E-state index in [0.29, 0.717) is 30.9 Å². The van der Waals surface area contributed by atoms with Gasteiger partial charge in [0.2, 0.25) is 5.91 Å². The fraction of sp³-hybridized carbons (Fsp3) is 0.400. The molecule has 6 heteroatoms. The van der Waals surface area contributed by atoms with E-state index in [0.717, 1.165) is 0 Å². The second-order valence-electron chi connectivity index (χ2n) is 4.41. The first kappa shape index (κ1) is 16.7. The van der Waals surface area contributed by atoms with Crippen molar-refractivity contribution >= 4 is 29.1 Å². The smallest absolute Gasteiger partial charge is 0.313 e. The third-order valence-electron chi connectivity index (χ3n) is 2.97. The number of hydrogen-bond acceptors (Lipinski definition) is 3. The molecular formula is C15H21N3O3. The highest BCUT2D eigenvalue weighted by Crippen LogP contribution is 2.15. The lowest BCUT2D eigenvalue weighted by Crippen LogP contribution is -2.39. The monoisotopic (exact) mass is 291 g/mol. The minimum Gasteiger partial charge on any atom is -0.335 e. The minimum atomic E-state index is -0.683. The summed E-state index contributed by atoms with van der Waals surface area (Å²) in [5.74, 6) is -1.36. The van der Waals surface area contributed by atoms with Crippen LogP contribution in [0.2, 0.25) is 0 Å². The van der Waals surface area contributed by atoms with Gasteiger partial charge < -0.3 is 15.5 Å². The van der Waals surface area contributed by atoms with Gasteiger partial charge in [0.15, 0.2) is 0 Å². The topological polar surface area (TPSA) is 78.5 Å².